The molecule has 0 aliphatic carbocycles. The van der Waals surface area contributed by atoms with Crippen molar-refractivity contribution in [3.05, 3.63) is 83.4 Å². The summed E-state index contributed by atoms with van der Waals surface area (Å²) >= 11 is 0. The molecule has 1 N–H and O–H groups in total. The standard InChI is InChI=1S/C22H19F2N3O3/c1-14-10-15-4-2-3-5-20(15)27(14)9-8-25-22(28)19-12-17(30-26-19)13-29-21-7-6-16(23)11-18(21)24/h2-7,10-12H,8-9,13H2,1H3,(H,25,28). The van der Waals surface area contributed by atoms with E-state index < -0.39 is 11.6 Å². The molecule has 0 atom stereocenters. The first-order valence-electron chi connectivity index (χ1n) is 9.38. The molecule has 0 saturated heterocycles. The van der Waals surface area contributed by atoms with Gasteiger partial charge in [-0.2, -0.15) is 0 Å². The van der Waals surface area contributed by atoms with E-state index in [0.29, 0.717) is 13.1 Å². The smallest absolute Gasteiger partial charge is 0.273 e. The van der Waals surface area contributed by atoms with E-state index >= 15 is 0 Å². The van der Waals surface area contributed by atoms with Gasteiger partial charge in [-0.15, -0.1) is 0 Å². The quantitative estimate of drug-likeness (QED) is 0.494. The maximum absolute atomic E-state index is 13.6. The molecule has 0 saturated carbocycles. The molecule has 0 bridgehead atoms. The highest BCUT2D eigenvalue weighted by atomic mass is 19.1. The Morgan fingerprint density at radius 1 is 1.17 bits per heavy atom. The van der Waals surface area contributed by atoms with E-state index in [-0.39, 0.29) is 29.7 Å². The summed E-state index contributed by atoms with van der Waals surface area (Å²) in [6.07, 6.45) is 0. The molecule has 8 heteroatoms. The average Bonchev–Trinajstić information content (AvgIpc) is 3.32. The third-order valence-electron chi connectivity index (χ3n) is 4.69. The van der Waals surface area contributed by atoms with Crippen LogP contribution in [0.3, 0.4) is 0 Å². The summed E-state index contributed by atoms with van der Waals surface area (Å²) in [7, 11) is 0. The predicted molar refractivity (Wildman–Crippen MR) is 106 cm³/mol. The largest absolute Gasteiger partial charge is 0.482 e. The minimum Gasteiger partial charge on any atom is -0.482 e. The Labute approximate surface area is 171 Å². The number of carbonyl (C=O) groups excluding carboxylic acids is 1. The lowest BCUT2D eigenvalue weighted by Gasteiger charge is -2.09. The van der Waals surface area contributed by atoms with Crippen LogP contribution in [0.2, 0.25) is 0 Å². The summed E-state index contributed by atoms with van der Waals surface area (Å²) in [4.78, 5) is 12.3. The molecule has 0 fully saturated rings. The van der Waals surface area contributed by atoms with Gasteiger partial charge in [-0.3, -0.25) is 4.79 Å². The molecule has 0 spiro atoms. The number of hydrogen-bond acceptors (Lipinski definition) is 4. The zero-order valence-electron chi connectivity index (χ0n) is 16.2. The number of aromatic nitrogens is 2. The second-order valence-corrected chi connectivity index (χ2v) is 6.79. The first-order chi connectivity index (χ1) is 14.5. The summed E-state index contributed by atoms with van der Waals surface area (Å²) in [6, 6.07) is 14.6. The van der Waals surface area contributed by atoms with Crippen LogP contribution >= 0.6 is 0 Å². The van der Waals surface area contributed by atoms with Gasteiger partial charge in [0.25, 0.3) is 5.91 Å². The van der Waals surface area contributed by atoms with E-state index in [2.05, 4.69) is 21.1 Å². The van der Waals surface area contributed by atoms with Gasteiger partial charge >= 0.3 is 0 Å². The highest BCUT2D eigenvalue weighted by Gasteiger charge is 2.14. The number of ether oxygens (including phenoxy) is 1. The van der Waals surface area contributed by atoms with Crippen molar-refractivity contribution in [3.63, 3.8) is 0 Å². The van der Waals surface area contributed by atoms with E-state index in [9.17, 15) is 13.6 Å². The molecule has 2 heterocycles. The fourth-order valence-electron chi connectivity index (χ4n) is 3.25. The number of rotatable bonds is 7. The normalized spacial score (nSPS) is 11.0. The number of aryl methyl sites for hydroxylation is 1. The van der Waals surface area contributed by atoms with Crippen LogP contribution in [-0.4, -0.2) is 22.2 Å². The summed E-state index contributed by atoms with van der Waals surface area (Å²) in [6.45, 7) is 2.91. The Morgan fingerprint density at radius 3 is 2.83 bits per heavy atom. The van der Waals surface area contributed by atoms with E-state index in [1.165, 1.54) is 12.1 Å². The minimum absolute atomic E-state index is 0.0993. The van der Waals surface area contributed by atoms with E-state index in [1.807, 2.05) is 31.2 Å². The molecule has 2 aromatic carbocycles. The Morgan fingerprint density at radius 2 is 2.00 bits per heavy atom. The maximum atomic E-state index is 13.6. The topological polar surface area (TPSA) is 69.3 Å². The van der Waals surface area contributed by atoms with Crippen molar-refractivity contribution in [2.75, 3.05) is 6.54 Å². The minimum atomic E-state index is -0.819. The van der Waals surface area contributed by atoms with E-state index in [4.69, 9.17) is 9.26 Å². The number of para-hydroxylation sites is 1. The molecule has 0 aliphatic heterocycles. The van der Waals surface area contributed by atoms with Gasteiger partial charge in [0.2, 0.25) is 0 Å². The molecule has 0 aliphatic rings. The van der Waals surface area contributed by atoms with Crippen LogP contribution in [0.25, 0.3) is 10.9 Å². The van der Waals surface area contributed by atoms with Gasteiger partial charge in [0.05, 0.1) is 0 Å². The van der Waals surface area contributed by atoms with Crippen LogP contribution in [-0.2, 0) is 13.2 Å². The fourth-order valence-corrected chi connectivity index (χ4v) is 3.25. The van der Waals surface area contributed by atoms with Crippen molar-refractivity contribution in [2.45, 2.75) is 20.1 Å². The van der Waals surface area contributed by atoms with Crippen LogP contribution in [0, 0.1) is 18.6 Å². The Hall–Kier alpha value is -3.68. The molecule has 4 aromatic rings. The zero-order valence-corrected chi connectivity index (χ0v) is 16.2. The molecule has 4 rings (SSSR count). The number of benzene rings is 2. The second-order valence-electron chi connectivity index (χ2n) is 6.79. The van der Waals surface area contributed by atoms with Crippen LogP contribution < -0.4 is 10.1 Å². The SMILES string of the molecule is Cc1cc2ccccc2n1CCNC(=O)c1cc(COc2ccc(F)cc2F)on1. The average molecular weight is 411 g/mol. The van der Waals surface area contributed by atoms with Crippen molar-refractivity contribution in [3.8, 4) is 5.75 Å². The molecule has 0 radical (unpaired) electrons. The van der Waals surface area contributed by atoms with Gasteiger partial charge < -0.3 is 19.1 Å². The molecular formula is C22H19F2N3O3. The number of fused-ring (bicyclic) bond motifs is 1. The van der Waals surface area contributed by atoms with Crippen LogP contribution in [0.5, 0.6) is 5.75 Å². The Balaban J connectivity index is 1.32. The van der Waals surface area contributed by atoms with Crippen LogP contribution in [0.4, 0.5) is 8.78 Å². The first-order valence-corrected chi connectivity index (χ1v) is 9.38. The number of carbonyl (C=O) groups is 1. The van der Waals surface area contributed by atoms with Crippen LogP contribution in [0.15, 0.2) is 59.1 Å². The summed E-state index contributed by atoms with van der Waals surface area (Å²) < 4.78 is 39.0. The maximum Gasteiger partial charge on any atom is 0.273 e. The molecule has 154 valence electrons. The van der Waals surface area contributed by atoms with Gasteiger partial charge in [-0.05, 0) is 36.6 Å². The number of nitrogens with zero attached hydrogens (tertiary/aromatic N) is 2. The lowest BCUT2D eigenvalue weighted by Crippen LogP contribution is -2.27. The van der Waals surface area contributed by atoms with E-state index in [0.717, 1.165) is 28.7 Å². The molecule has 30 heavy (non-hydrogen) atoms. The zero-order chi connectivity index (χ0) is 21.1. The van der Waals surface area contributed by atoms with Crippen molar-refractivity contribution < 1.29 is 22.8 Å². The fraction of sp³-hybridized carbons (Fsp3) is 0.182. The highest BCUT2D eigenvalue weighted by Crippen LogP contribution is 2.20. The number of hydrogen-bond donors (Lipinski definition) is 1. The van der Waals surface area contributed by atoms with Crippen molar-refractivity contribution >= 4 is 16.8 Å². The monoisotopic (exact) mass is 411 g/mol. The van der Waals surface area contributed by atoms with Gasteiger partial charge in [0.1, 0.15) is 12.4 Å². The second kappa shape index (κ2) is 8.36. The number of amides is 1. The first kappa shape index (κ1) is 19.6. The lowest BCUT2D eigenvalue weighted by atomic mass is 10.2. The highest BCUT2D eigenvalue weighted by molar-refractivity contribution is 5.92. The van der Waals surface area contributed by atoms with E-state index in [1.54, 1.807) is 0 Å². The van der Waals surface area contributed by atoms with Gasteiger partial charge in [0.15, 0.2) is 23.0 Å². The molecule has 1 amide bonds. The lowest BCUT2D eigenvalue weighted by molar-refractivity contribution is 0.0943. The molecule has 0 unspecified atom stereocenters. The van der Waals surface area contributed by atoms with Gasteiger partial charge in [0, 0.05) is 36.4 Å². The van der Waals surface area contributed by atoms with Crippen molar-refractivity contribution in [2.24, 2.45) is 0 Å². The van der Waals surface area contributed by atoms with Gasteiger partial charge in [-0.1, -0.05) is 23.4 Å². The molecule has 6 nitrogen and oxygen atoms in total. The third kappa shape index (κ3) is 4.17. The summed E-state index contributed by atoms with van der Waals surface area (Å²) in [5.74, 6) is -1.77. The van der Waals surface area contributed by atoms with Crippen LogP contribution in [0.1, 0.15) is 21.9 Å². The molecular weight excluding hydrogens is 392 g/mol. The van der Waals surface area contributed by atoms with Gasteiger partial charge in [-0.25, -0.2) is 8.78 Å². The summed E-state index contributed by atoms with van der Waals surface area (Å²) in [5.41, 5.74) is 2.32. The third-order valence-corrected chi connectivity index (χ3v) is 4.69. The Kier molecular flexibility index (Phi) is 5.47. The number of nitrogens with one attached hydrogen (secondary N) is 1. The number of halogens is 2. The molecule has 2 aromatic heterocycles. The predicted octanol–water partition coefficient (Wildman–Crippen LogP) is 4.22. The summed E-state index contributed by atoms with van der Waals surface area (Å²) in [5, 5.41) is 7.68. The Bertz CT molecular complexity index is 1200. The van der Waals surface area contributed by atoms with Crippen molar-refractivity contribution in [1.82, 2.24) is 15.0 Å². The van der Waals surface area contributed by atoms with Crippen molar-refractivity contribution in [1.29, 1.82) is 0 Å².